The highest BCUT2D eigenvalue weighted by atomic mass is 32.1. The quantitative estimate of drug-likeness (QED) is 0.670. The van der Waals surface area contributed by atoms with Crippen LogP contribution in [0, 0.1) is 5.92 Å². The first-order valence-corrected chi connectivity index (χ1v) is 10.8. The van der Waals surface area contributed by atoms with E-state index < -0.39 is 0 Å². The molecule has 0 bridgehead atoms. The summed E-state index contributed by atoms with van der Waals surface area (Å²) in [4.78, 5) is 38.3. The molecule has 7 heteroatoms. The van der Waals surface area contributed by atoms with Gasteiger partial charge in [0.15, 0.2) is 5.82 Å². The van der Waals surface area contributed by atoms with Gasteiger partial charge in [0.05, 0.1) is 17.3 Å². The Hall–Kier alpha value is -2.80. The maximum absolute atomic E-state index is 13.1. The number of carbonyl (C=O) groups is 1. The lowest BCUT2D eigenvalue weighted by Gasteiger charge is -2.22. The molecule has 29 heavy (non-hydrogen) atoms. The predicted molar refractivity (Wildman–Crippen MR) is 114 cm³/mol. The van der Waals surface area contributed by atoms with Gasteiger partial charge in [-0.3, -0.25) is 14.6 Å². The summed E-state index contributed by atoms with van der Waals surface area (Å²) in [6, 6.07) is 6.54. The zero-order chi connectivity index (χ0) is 20.4. The maximum atomic E-state index is 13.1. The van der Waals surface area contributed by atoms with Crippen molar-refractivity contribution in [3.8, 4) is 11.5 Å². The number of hydrogen-bond donors (Lipinski definition) is 2. The highest BCUT2D eigenvalue weighted by Crippen LogP contribution is 2.31. The van der Waals surface area contributed by atoms with Gasteiger partial charge in [-0.1, -0.05) is 19.9 Å². The molecule has 150 valence electrons. The Balaban J connectivity index is 1.65. The molecule has 1 aliphatic carbocycles. The fourth-order valence-electron chi connectivity index (χ4n) is 3.75. The average molecular weight is 409 g/mol. The number of carbonyl (C=O) groups excluding carboxylic acids is 1. The number of thiophene rings is 1. The third-order valence-electron chi connectivity index (χ3n) is 5.25. The van der Waals surface area contributed by atoms with Gasteiger partial charge in [0.1, 0.15) is 5.69 Å². The van der Waals surface area contributed by atoms with Gasteiger partial charge in [-0.25, -0.2) is 4.98 Å². The molecular weight excluding hydrogens is 384 g/mol. The molecule has 1 unspecified atom stereocenters. The molecule has 2 N–H and O–H groups in total. The summed E-state index contributed by atoms with van der Waals surface area (Å²) in [5, 5.41) is 5.09. The molecule has 1 atom stereocenters. The van der Waals surface area contributed by atoms with E-state index in [2.05, 4.69) is 20.3 Å². The molecule has 6 nitrogen and oxygen atoms in total. The number of fused-ring (bicyclic) bond motifs is 1. The first-order chi connectivity index (χ1) is 14.0. The van der Waals surface area contributed by atoms with Crippen molar-refractivity contribution in [2.45, 2.75) is 45.6 Å². The maximum Gasteiger partial charge on any atom is 0.252 e. The number of pyridine rings is 1. The van der Waals surface area contributed by atoms with Crippen LogP contribution < -0.4 is 10.9 Å². The molecule has 3 heterocycles. The topological polar surface area (TPSA) is 87.7 Å². The third-order valence-corrected chi connectivity index (χ3v) is 6.34. The predicted octanol–water partition coefficient (Wildman–Crippen LogP) is 3.90. The van der Waals surface area contributed by atoms with Crippen LogP contribution in [0.25, 0.3) is 11.5 Å². The summed E-state index contributed by atoms with van der Waals surface area (Å²) in [6.07, 6.45) is 5.99. The van der Waals surface area contributed by atoms with Crippen LogP contribution >= 0.6 is 11.3 Å². The molecule has 0 saturated heterocycles. The molecule has 0 aliphatic heterocycles. The molecule has 1 aliphatic rings. The second kappa shape index (κ2) is 8.29. The van der Waals surface area contributed by atoms with Crippen molar-refractivity contribution in [1.29, 1.82) is 0 Å². The number of rotatable bonds is 5. The highest BCUT2D eigenvalue weighted by molar-refractivity contribution is 7.10. The Morgan fingerprint density at radius 3 is 2.83 bits per heavy atom. The fourth-order valence-corrected chi connectivity index (χ4v) is 4.87. The normalized spacial score (nSPS) is 14.4. The molecule has 0 aromatic carbocycles. The minimum atomic E-state index is -0.369. The third kappa shape index (κ3) is 4.15. The van der Waals surface area contributed by atoms with Gasteiger partial charge >= 0.3 is 0 Å². The first kappa shape index (κ1) is 19.5. The Labute approximate surface area is 173 Å². The molecule has 0 saturated carbocycles. The van der Waals surface area contributed by atoms with Gasteiger partial charge in [0.25, 0.3) is 11.5 Å². The van der Waals surface area contributed by atoms with E-state index >= 15 is 0 Å². The molecular formula is C22H24N4O2S. The second-order valence-corrected chi connectivity index (χ2v) is 8.65. The molecule has 1 amide bonds. The molecule has 3 aromatic heterocycles. The van der Waals surface area contributed by atoms with Crippen LogP contribution in [-0.4, -0.2) is 20.9 Å². The fraction of sp³-hybridized carbons (Fsp3) is 0.364. The number of H-pyrrole nitrogens is 1. The van der Waals surface area contributed by atoms with Crippen LogP contribution in [0.1, 0.15) is 59.2 Å². The van der Waals surface area contributed by atoms with E-state index in [0.29, 0.717) is 17.2 Å². The Morgan fingerprint density at radius 1 is 1.24 bits per heavy atom. The zero-order valence-corrected chi connectivity index (χ0v) is 17.4. The molecule has 4 rings (SSSR count). The summed E-state index contributed by atoms with van der Waals surface area (Å²) in [5.74, 6) is 0.379. The SMILES string of the molecule is CC(C)C(NC(=O)c1csc2c1CCCC2)c1cc(=O)[nH]c(-c2ccccn2)n1. The lowest BCUT2D eigenvalue weighted by Crippen LogP contribution is -2.33. The van der Waals surface area contributed by atoms with Crippen LogP contribution in [0.4, 0.5) is 0 Å². The van der Waals surface area contributed by atoms with Crippen molar-refractivity contribution in [2.24, 2.45) is 5.92 Å². The lowest BCUT2D eigenvalue weighted by atomic mass is 9.95. The van der Waals surface area contributed by atoms with E-state index in [0.717, 1.165) is 24.8 Å². The Bertz CT molecular complexity index is 1070. The lowest BCUT2D eigenvalue weighted by molar-refractivity contribution is 0.0923. The largest absolute Gasteiger partial charge is 0.343 e. The van der Waals surface area contributed by atoms with E-state index in [1.54, 1.807) is 23.6 Å². The summed E-state index contributed by atoms with van der Waals surface area (Å²) in [5.41, 5.74) is 2.83. The van der Waals surface area contributed by atoms with Crippen molar-refractivity contribution in [3.05, 3.63) is 67.9 Å². The number of amides is 1. The standard InChI is InChI=1S/C22H24N4O2S/c1-13(2)20(26-22(28)15-12-29-18-9-4-3-7-14(15)18)17-11-19(27)25-21(24-17)16-8-5-6-10-23-16/h5-6,8,10-13,20H,3-4,7,9H2,1-2H3,(H,26,28)(H,24,25,27). The smallest absolute Gasteiger partial charge is 0.252 e. The van der Waals surface area contributed by atoms with Crippen molar-refractivity contribution < 1.29 is 4.79 Å². The van der Waals surface area contributed by atoms with E-state index in [1.165, 1.54) is 22.9 Å². The number of nitrogens with one attached hydrogen (secondary N) is 2. The number of nitrogens with zero attached hydrogens (tertiary/aromatic N) is 2. The van der Waals surface area contributed by atoms with Crippen LogP contribution in [-0.2, 0) is 12.8 Å². The average Bonchev–Trinajstić information content (AvgIpc) is 3.16. The zero-order valence-electron chi connectivity index (χ0n) is 16.6. The number of aromatic amines is 1. The van der Waals surface area contributed by atoms with E-state index in [1.807, 2.05) is 31.4 Å². The van der Waals surface area contributed by atoms with Crippen molar-refractivity contribution >= 4 is 17.2 Å². The number of aryl methyl sites for hydroxylation is 1. The summed E-state index contributed by atoms with van der Waals surface area (Å²) in [7, 11) is 0. The van der Waals surface area contributed by atoms with E-state index in [-0.39, 0.29) is 23.4 Å². The van der Waals surface area contributed by atoms with Crippen molar-refractivity contribution in [2.75, 3.05) is 0 Å². The van der Waals surface area contributed by atoms with Gasteiger partial charge < -0.3 is 10.3 Å². The number of hydrogen-bond acceptors (Lipinski definition) is 5. The van der Waals surface area contributed by atoms with Gasteiger partial charge in [0, 0.05) is 22.5 Å². The summed E-state index contributed by atoms with van der Waals surface area (Å²) in [6.45, 7) is 4.02. The van der Waals surface area contributed by atoms with Crippen LogP contribution in [0.3, 0.4) is 0 Å². The Morgan fingerprint density at radius 2 is 2.07 bits per heavy atom. The molecule has 0 fully saturated rings. The van der Waals surface area contributed by atoms with E-state index in [4.69, 9.17) is 0 Å². The van der Waals surface area contributed by atoms with E-state index in [9.17, 15) is 9.59 Å². The second-order valence-electron chi connectivity index (χ2n) is 7.69. The van der Waals surface area contributed by atoms with Crippen LogP contribution in [0.5, 0.6) is 0 Å². The summed E-state index contributed by atoms with van der Waals surface area (Å²) < 4.78 is 0. The molecule has 0 spiro atoms. The van der Waals surface area contributed by atoms with Gasteiger partial charge in [0.2, 0.25) is 0 Å². The summed E-state index contributed by atoms with van der Waals surface area (Å²) >= 11 is 1.67. The van der Waals surface area contributed by atoms with Crippen LogP contribution in [0.15, 0.2) is 40.6 Å². The monoisotopic (exact) mass is 408 g/mol. The molecule has 3 aromatic rings. The minimum Gasteiger partial charge on any atom is -0.343 e. The van der Waals surface area contributed by atoms with Crippen molar-refractivity contribution in [1.82, 2.24) is 20.3 Å². The van der Waals surface area contributed by atoms with Crippen LogP contribution in [0.2, 0.25) is 0 Å². The Kier molecular flexibility index (Phi) is 5.58. The minimum absolute atomic E-state index is 0.0688. The highest BCUT2D eigenvalue weighted by Gasteiger charge is 2.25. The van der Waals surface area contributed by atoms with Crippen molar-refractivity contribution in [3.63, 3.8) is 0 Å². The van der Waals surface area contributed by atoms with Gasteiger partial charge in [-0.15, -0.1) is 11.3 Å². The van der Waals surface area contributed by atoms with Gasteiger partial charge in [-0.05, 0) is 49.3 Å². The molecule has 0 radical (unpaired) electrons. The van der Waals surface area contributed by atoms with Gasteiger partial charge in [-0.2, -0.15) is 0 Å². The number of aromatic nitrogens is 3. The first-order valence-electron chi connectivity index (χ1n) is 9.95.